The van der Waals surface area contributed by atoms with Crippen LogP contribution in [-0.2, 0) is 4.79 Å². The largest absolute Gasteiger partial charge is 0.495 e. The summed E-state index contributed by atoms with van der Waals surface area (Å²) in [4.78, 5) is 36.8. The van der Waals surface area contributed by atoms with Crippen LogP contribution in [-0.4, -0.2) is 32.3 Å². The van der Waals surface area contributed by atoms with Gasteiger partial charge < -0.3 is 15.0 Å². The van der Waals surface area contributed by atoms with E-state index in [0.29, 0.717) is 28.2 Å². The Balaban J connectivity index is 1.75. The number of H-pyrrole nitrogens is 1. The number of aryl methyl sites for hydroxylation is 1. The number of anilines is 1. The van der Waals surface area contributed by atoms with Crippen LogP contribution < -0.4 is 15.6 Å². The Morgan fingerprint density at radius 2 is 1.94 bits per heavy atom. The van der Waals surface area contributed by atoms with E-state index >= 15 is 0 Å². The van der Waals surface area contributed by atoms with Crippen molar-refractivity contribution in [3.8, 4) is 5.75 Å². The molecule has 0 aliphatic heterocycles. The molecule has 10 nitrogen and oxygen atoms in total. The number of para-hydroxylation sites is 3. The van der Waals surface area contributed by atoms with E-state index in [1.807, 2.05) is 0 Å². The minimum atomic E-state index is -1.23. The van der Waals surface area contributed by atoms with E-state index in [9.17, 15) is 9.59 Å². The number of methoxy groups -OCH3 is 1. The van der Waals surface area contributed by atoms with Crippen molar-refractivity contribution in [3.05, 3.63) is 70.5 Å². The summed E-state index contributed by atoms with van der Waals surface area (Å²) in [6, 6.07) is 12.6. The number of amides is 1. The molecule has 0 bridgehead atoms. The SMILES string of the molecule is COc1ccccc1NC(=O)C(N=Nc1nc(C)ns1)c1nc2ccccc2c(=O)[nH]1. The third kappa shape index (κ3) is 4.46. The summed E-state index contributed by atoms with van der Waals surface area (Å²) in [6.45, 7) is 1.73. The number of fused-ring (bicyclic) bond motifs is 1. The van der Waals surface area contributed by atoms with Crippen molar-refractivity contribution in [2.24, 2.45) is 10.2 Å². The maximum absolute atomic E-state index is 13.1. The molecule has 2 aromatic heterocycles. The van der Waals surface area contributed by atoms with Gasteiger partial charge in [0.15, 0.2) is 0 Å². The first kappa shape index (κ1) is 20.3. The van der Waals surface area contributed by atoms with Crippen LogP contribution in [0.1, 0.15) is 17.7 Å². The summed E-state index contributed by atoms with van der Waals surface area (Å²) in [7, 11) is 1.50. The third-order valence-electron chi connectivity index (χ3n) is 4.28. The molecule has 0 aliphatic carbocycles. The Morgan fingerprint density at radius 1 is 1.16 bits per heavy atom. The molecule has 156 valence electrons. The summed E-state index contributed by atoms with van der Waals surface area (Å²) >= 11 is 1.05. The molecule has 4 aromatic rings. The van der Waals surface area contributed by atoms with Crippen LogP contribution in [0.15, 0.2) is 63.6 Å². The number of carbonyl (C=O) groups excluding carboxylic acids is 1. The number of nitrogens with zero attached hydrogens (tertiary/aromatic N) is 5. The predicted molar refractivity (Wildman–Crippen MR) is 116 cm³/mol. The van der Waals surface area contributed by atoms with Gasteiger partial charge in [0, 0.05) is 11.5 Å². The molecule has 0 spiro atoms. The number of aromatic amines is 1. The quantitative estimate of drug-likeness (QED) is 0.445. The van der Waals surface area contributed by atoms with Crippen molar-refractivity contribution in [2.45, 2.75) is 13.0 Å². The van der Waals surface area contributed by atoms with Crippen LogP contribution in [0.3, 0.4) is 0 Å². The molecule has 0 radical (unpaired) electrons. The molecule has 11 heteroatoms. The average Bonchev–Trinajstić information content (AvgIpc) is 3.19. The topological polar surface area (TPSA) is 135 Å². The number of ether oxygens (including phenoxy) is 1. The highest BCUT2D eigenvalue weighted by atomic mass is 32.1. The summed E-state index contributed by atoms with van der Waals surface area (Å²) in [5.74, 6) is 0.534. The molecular weight excluding hydrogens is 418 g/mol. The predicted octanol–water partition coefficient (Wildman–Crippen LogP) is 3.56. The first-order valence-electron chi connectivity index (χ1n) is 9.19. The second-order valence-electron chi connectivity index (χ2n) is 6.40. The van der Waals surface area contributed by atoms with E-state index in [1.165, 1.54) is 7.11 Å². The number of nitrogens with one attached hydrogen (secondary N) is 2. The van der Waals surface area contributed by atoms with E-state index in [2.05, 4.69) is 34.9 Å². The molecule has 1 unspecified atom stereocenters. The highest BCUT2D eigenvalue weighted by Gasteiger charge is 2.25. The lowest BCUT2D eigenvalue weighted by Crippen LogP contribution is -2.24. The van der Waals surface area contributed by atoms with Gasteiger partial charge in [-0.3, -0.25) is 9.59 Å². The minimum Gasteiger partial charge on any atom is -0.495 e. The Kier molecular flexibility index (Phi) is 5.76. The molecule has 2 N–H and O–H groups in total. The zero-order valence-corrected chi connectivity index (χ0v) is 17.4. The average molecular weight is 435 g/mol. The Hall–Kier alpha value is -3.99. The van der Waals surface area contributed by atoms with E-state index in [0.717, 1.165) is 11.5 Å². The molecule has 0 saturated carbocycles. The fraction of sp³-hybridized carbons (Fsp3) is 0.150. The number of hydrogen-bond donors (Lipinski definition) is 2. The monoisotopic (exact) mass is 435 g/mol. The second-order valence-corrected chi connectivity index (χ2v) is 7.13. The minimum absolute atomic E-state index is 0.0566. The van der Waals surface area contributed by atoms with Crippen LogP contribution in [0.5, 0.6) is 5.75 Å². The Morgan fingerprint density at radius 3 is 2.71 bits per heavy atom. The van der Waals surface area contributed by atoms with Gasteiger partial charge in [-0.25, -0.2) is 9.97 Å². The maximum atomic E-state index is 13.1. The van der Waals surface area contributed by atoms with Gasteiger partial charge in [0.25, 0.3) is 11.5 Å². The molecule has 2 heterocycles. The van der Waals surface area contributed by atoms with E-state index < -0.39 is 11.9 Å². The van der Waals surface area contributed by atoms with Gasteiger partial charge in [-0.15, -0.1) is 5.11 Å². The number of hydrogen-bond acceptors (Lipinski definition) is 9. The number of azo groups is 1. The highest BCUT2D eigenvalue weighted by molar-refractivity contribution is 7.09. The van der Waals surface area contributed by atoms with Crippen LogP contribution in [0.2, 0.25) is 0 Å². The molecule has 0 fully saturated rings. The summed E-state index contributed by atoms with van der Waals surface area (Å²) in [6.07, 6.45) is 0. The molecular formula is C20H17N7O3S. The fourth-order valence-electron chi connectivity index (χ4n) is 2.85. The van der Waals surface area contributed by atoms with Crippen molar-refractivity contribution in [1.29, 1.82) is 0 Å². The molecule has 1 amide bonds. The third-order valence-corrected chi connectivity index (χ3v) is 4.97. The normalized spacial score (nSPS) is 12.2. The van der Waals surface area contributed by atoms with Gasteiger partial charge in [-0.1, -0.05) is 24.3 Å². The molecule has 31 heavy (non-hydrogen) atoms. The van der Waals surface area contributed by atoms with Crippen molar-refractivity contribution in [1.82, 2.24) is 19.3 Å². The van der Waals surface area contributed by atoms with E-state index in [1.54, 1.807) is 55.5 Å². The molecule has 2 aromatic carbocycles. The summed E-state index contributed by atoms with van der Waals surface area (Å²) in [5.41, 5.74) is 0.515. The first-order valence-corrected chi connectivity index (χ1v) is 9.96. The summed E-state index contributed by atoms with van der Waals surface area (Å²) < 4.78 is 9.33. The van der Waals surface area contributed by atoms with Gasteiger partial charge in [0.1, 0.15) is 17.4 Å². The molecule has 4 rings (SSSR count). The Bertz CT molecular complexity index is 1330. The summed E-state index contributed by atoms with van der Waals surface area (Å²) in [5, 5.41) is 11.6. The lowest BCUT2D eigenvalue weighted by molar-refractivity contribution is -0.117. The number of aromatic nitrogens is 4. The van der Waals surface area contributed by atoms with Crippen LogP contribution in [0.25, 0.3) is 10.9 Å². The smallest absolute Gasteiger partial charge is 0.259 e. The lowest BCUT2D eigenvalue weighted by Gasteiger charge is -2.14. The fourth-order valence-corrected chi connectivity index (χ4v) is 3.36. The van der Waals surface area contributed by atoms with Gasteiger partial charge in [-0.05, 0) is 31.2 Å². The van der Waals surface area contributed by atoms with Crippen LogP contribution in [0.4, 0.5) is 10.8 Å². The number of benzene rings is 2. The van der Waals surface area contributed by atoms with E-state index in [4.69, 9.17) is 4.74 Å². The number of carbonyl (C=O) groups is 1. The zero-order valence-electron chi connectivity index (χ0n) is 16.6. The van der Waals surface area contributed by atoms with Crippen LogP contribution >= 0.6 is 11.5 Å². The van der Waals surface area contributed by atoms with Gasteiger partial charge in [0.05, 0.1) is 23.7 Å². The maximum Gasteiger partial charge on any atom is 0.259 e. The zero-order chi connectivity index (χ0) is 21.8. The van der Waals surface area contributed by atoms with Crippen molar-refractivity contribution >= 4 is 39.2 Å². The van der Waals surface area contributed by atoms with Crippen molar-refractivity contribution in [3.63, 3.8) is 0 Å². The van der Waals surface area contributed by atoms with Gasteiger partial charge >= 0.3 is 0 Å². The van der Waals surface area contributed by atoms with Crippen LogP contribution in [0, 0.1) is 6.92 Å². The van der Waals surface area contributed by atoms with Crippen molar-refractivity contribution in [2.75, 3.05) is 12.4 Å². The Labute approximate surface area is 180 Å². The lowest BCUT2D eigenvalue weighted by atomic mass is 10.2. The van der Waals surface area contributed by atoms with E-state index in [-0.39, 0.29) is 16.5 Å². The highest BCUT2D eigenvalue weighted by Crippen LogP contribution is 2.26. The van der Waals surface area contributed by atoms with Gasteiger partial charge in [-0.2, -0.15) is 9.49 Å². The molecule has 0 saturated heterocycles. The number of rotatable bonds is 6. The first-order chi connectivity index (χ1) is 15.0. The standard InChI is InChI=1S/C20H17N7O3S/c1-11-21-20(31-27-11)26-25-16(19(29)23-14-9-5-6-10-15(14)30-2)17-22-13-8-4-3-7-12(13)18(28)24-17/h3-10,16H,1-2H3,(H,23,29)(H,22,24,28). The molecule has 0 aliphatic rings. The van der Waals surface area contributed by atoms with Gasteiger partial charge in [0.2, 0.25) is 11.2 Å². The molecule has 1 atom stereocenters. The second kappa shape index (κ2) is 8.79. The van der Waals surface area contributed by atoms with Crippen molar-refractivity contribution < 1.29 is 9.53 Å².